The SMILES string of the molecule is CCCC[O][Ti](=[O])[OH].[O]=[Ti]([OH])[OH]. The maximum absolute atomic E-state index is 9.90. The van der Waals surface area contributed by atoms with E-state index in [4.69, 9.17) is 14.4 Å². The second kappa shape index (κ2) is 11.9. The molecule has 0 unspecified atom stereocenters. The van der Waals surface area contributed by atoms with E-state index >= 15 is 0 Å². The summed E-state index contributed by atoms with van der Waals surface area (Å²) in [5.41, 5.74) is 0. The number of rotatable bonds is 4. The van der Waals surface area contributed by atoms with Gasteiger partial charge in [0.05, 0.1) is 0 Å². The molecule has 0 saturated heterocycles. The third kappa shape index (κ3) is 30.7. The number of hydrogen-bond acceptors (Lipinski definition) is 3. The molecule has 3 N–H and O–H groups in total. The van der Waals surface area contributed by atoms with Crippen LogP contribution >= 0.6 is 0 Å². The van der Waals surface area contributed by atoms with Gasteiger partial charge in [0.15, 0.2) is 0 Å². The Kier molecular flexibility index (Phi) is 15.2. The van der Waals surface area contributed by atoms with Crippen LogP contribution in [-0.4, -0.2) is 17.7 Å². The van der Waals surface area contributed by atoms with Crippen molar-refractivity contribution in [2.45, 2.75) is 19.8 Å². The molecule has 72 valence electrons. The van der Waals surface area contributed by atoms with E-state index in [1.54, 1.807) is 0 Å². The van der Waals surface area contributed by atoms with Gasteiger partial charge >= 0.3 is 84.6 Å². The molecule has 0 heterocycles. The molecule has 0 radical (unpaired) electrons. The Balaban J connectivity index is 0. The van der Waals surface area contributed by atoms with Crippen LogP contribution in [0.5, 0.6) is 0 Å². The van der Waals surface area contributed by atoms with Gasteiger partial charge in [-0.3, -0.25) is 0 Å². The van der Waals surface area contributed by atoms with Crippen molar-refractivity contribution < 1.29 is 58.3 Å². The zero-order valence-electron chi connectivity index (χ0n) is 6.69. The minimum atomic E-state index is -3.58. The van der Waals surface area contributed by atoms with Crippen LogP contribution in [0.25, 0.3) is 0 Å². The summed E-state index contributed by atoms with van der Waals surface area (Å²) in [7, 11) is 0. The van der Waals surface area contributed by atoms with E-state index in [0.717, 1.165) is 12.8 Å². The Morgan fingerprint density at radius 1 is 1.25 bits per heavy atom. The fourth-order valence-corrected chi connectivity index (χ4v) is 0.802. The van der Waals surface area contributed by atoms with Gasteiger partial charge in [0, 0.05) is 0 Å². The zero-order valence-corrected chi connectivity index (χ0v) is 9.81. The summed E-state index contributed by atoms with van der Waals surface area (Å²) in [6, 6.07) is 0. The summed E-state index contributed by atoms with van der Waals surface area (Å²) >= 11 is -6.76. The van der Waals surface area contributed by atoms with Crippen molar-refractivity contribution in [1.29, 1.82) is 0 Å². The first-order valence-electron chi connectivity index (χ1n) is 3.28. The third-order valence-electron chi connectivity index (χ3n) is 0.723. The van der Waals surface area contributed by atoms with E-state index in [2.05, 4.69) is 3.32 Å². The van der Waals surface area contributed by atoms with Crippen LogP contribution < -0.4 is 0 Å². The first-order chi connectivity index (χ1) is 5.50. The Hall–Kier alpha value is 0.869. The molecule has 0 bridgehead atoms. The van der Waals surface area contributed by atoms with Crippen LogP contribution in [0, 0.1) is 0 Å². The van der Waals surface area contributed by atoms with Crippen LogP contribution in [0.2, 0.25) is 0 Å². The Morgan fingerprint density at radius 3 is 1.92 bits per heavy atom. The second-order valence-electron chi connectivity index (χ2n) is 1.75. The number of hydrogen-bond donors (Lipinski definition) is 3. The molecule has 0 spiro atoms. The summed E-state index contributed by atoms with van der Waals surface area (Å²) < 4.78 is 45.8. The van der Waals surface area contributed by atoms with Crippen molar-refractivity contribution in [3.8, 4) is 0 Å². The molecule has 0 aromatic carbocycles. The molecule has 12 heavy (non-hydrogen) atoms. The van der Waals surface area contributed by atoms with Crippen LogP contribution in [0.4, 0.5) is 0 Å². The van der Waals surface area contributed by atoms with Crippen LogP contribution in [0.3, 0.4) is 0 Å². The molecular formula is C4H12O6Ti2. The van der Waals surface area contributed by atoms with Gasteiger partial charge in [-0.1, -0.05) is 0 Å². The quantitative estimate of drug-likeness (QED) is 0.453. The Bertz CT molecular complexity index is 134. The predicted octanol–water partition coefficient (Wildman–Crippen LogP) is -0.646. The molecule has 0 aliphatic carbocycles. The molecular weight excluding hydrogens is 240 g/mol. The first kappa shape index (κ1) is 15.3. The molecule has 0 aromatic heterocycles. The summed E-state index contributed by atoms with van der Waals surface area (Å²) in [4.78, 5) is 0. The fourth-order valence-electron chi connectivity index (χ4n) is 0.304. The van der Waals surface area contributed by atoms with E-state index in [0.29, 0.717) is 6.61 Å². The molecule has 0 atom stereocenters. The third-order valence-corrected chi connectivity index (χ3v) is 1.43. The van der Waals surface area contributed by atoms with E-state index in [-0.39, 0.29) is 0 Å². The molecule has 0 aliphatic rings. The van der Waals surface area contributed by atoms with Gasteiger partial charge in [-0.15, -0.1) is 0 Å². The monoisotopic (exact) mass is 252 g/mol. The van der Waals surface area contributed by atoms with E-state index in [1.807, 2.05) is 6.92 Å². The normalized spacial score (nSPS) is 8.33. The van der Waals surface area contributed by atoms with Crippen molar-refractivity contribution in [3.63, 3.8) is 0 Å². The second-order valence-corrected chi connectivity index (χ2v) is 3.91. The van der Waals surface area contributed by atoms with Gasteiger partial charge < -0.3 is 0 Å². The van der Waals surface area contributed by atoms with Crippen LogP contribution in [0.1, 0.15) is 19.8 Å². The molecule has 0 aromatic rings. The average molecular weight is 252 g/mol. The van der Waals surface area contributed by atoms with Gasteiger partial charge in [0.1, 0.15) is 0 Å². The summed E-state index contributed by atoms with van der Waals surface area (Å²) in [5.74, 6) is 0. The molecule has 0 amide bonds. The van der Waals surface area contributed by atoms with Gasteiger partial charge in [-0.2, -0.15) is 0 Å². The molecule has 6 nitrogen and oxygen atoms in total. The Morgan fingerprint density at radius 2 is 1.67 bits per heavy atom. The van der Waals surface area contributed by atoms with Gasteiger partial charge in [-0.25, -0.2) is 0 Å². The molecule has 0 aliphatic heterocycles. The zero-order chi connectivity index (χ0) is 9.98. The summed E-state index contributed by atoms with van der Waals surface area (Å²) in [6.45, 7) is 2.44. The van der Waals surface area contributed by atoms with E-state index < -0.39 is 37.2 Å². The molecule has 0 saturated carbocycles. The average Bonchev–Trinajstić information content (AvgIpc) is 1.86. The van der Waals surface area contributed by atoms with E-state index in [9.17, 15) is 3.32 Å². The van der Waals surface area contributed by atoms with E-state index in [1.165, 1.54) is 0 Å². The summed E-state index contributed by atoms with van der Waals surface area (Å²) in [6.07, 6.45) is 1.88. The first-order valence-corrected chi connectivity index (χ1v) is 7.29. The van der Waals surface area contributed by atoms with Gasteiger partial charge in [0.25, 0.3) is 0 Å². The number of unbranched alkanes of at least 4 members (excludes halogenated alkanes) is 1. The van der Waals surface area contributed by atoms with Crippen molar-refractivity contribution in [2.75, 3.05) is 6.61 Å². The topological polar surface area (TPSA) is 104 Å². The van der Waals surface area contributed by atoms with Crippen molar-refractivity contribution in [2.24, 2.45) is 0 Å². The Labute approximate surface area is 84.4 Å². The van der Waals surface area contributed by atoms with Gasteiger partial charge in [0.2, 0.25) is 0 Å². The standard InChI is InChI=1S/C4H9O.3H2O.2O.2Ti/c1-2-3-4-5;;;;;;;/h2-4H2,1H3;3*1H2;;;;/q-1;;;;;;2*+2/p-3. The minimum absolute atomic E-state index is 0.436. The molecule has 0 rings (SSSR count). The van der Waals surface area contributed by atoms with Crippen LogP contribution in [-0.2, 0) is 47.2 Å². The van der Waals surface area contributed by atoms with Crippen molar-refractivity contribution in [1.82, 2.24) is 0 Å². The van der Waals surface area contributed by atoms with Gasteiger partial charge in [-0.05, 0) is 0 Å². The predicted molar refractivity (Wildman–Crippen MR) is 28.9 cm³/mol. The molecule has 0 fully saturated rings. The maximum atomic E-state index is 9.90. The van der Waals surface area contributed by atoms with Crippen molar-refractivity contribution >= 4 is 0 Å². The summed E-state index contributed by atoms with van der Waals surface area (Å²) in [5, 5.41) is 0. The van der Waals surface area contributed by atoms with Crippen LogP contribution in [0.15, 0.2) is 0 Å². The molecule has 8 heteroatoms. The van der Waals surface area contributed by atoms with Crippen molar-refractivity contribution in [3.05, 3.63) is 0 Å². The fraction of sp³-hybridized carbons (Fsp3) is 1.00.